The largest absolute Gasteiger partial charge is 0.472 e. The molecule has 2 N–H and O–H groups in total. The molecule has 2 aliphatic rings. The standard InChI is InChI=1S/C20H32O3/c1-19(14-22)9-3-10-20(2)17(6-4-15-8-11-23-13-15)16(12-21)5-7-18(19)20/h8,11,13,16-18,21-22H,3-7,9-10,12,14H2,1-2H3/t16-,17-,18+,19-,20+/m0/s1. The van der Waals surface area contributed by atoms with Gasteiger partial charge in [-0.1, -0.05) is 20.3 Å². The molecule has 0 radical (unpaired) electrons. The van der Waals surface area contributed by atoms with Crippen LogP contribution in [0.25, 0.3) is 0 Å². The maximum Gasteiger partial charge on any atom is 0.0934 e. The van der Waals surface area contributed by atoms with Gasteiger partial charge in [0.1, 0.15) is 0 Å². The highest BCUT2D eigenvalue weighted by atomic mass is 16.3. The maximum absolute atomic E-state index is 10.0. The third-order valence-corrected chi connectivity index (χ3v) is 7.26. The van der Waals surface area contributed by atoms with Gasteiger partial charge in [-0.3, -0.25) is 0 Å². The first kappa shape index (κ1) is 17.0. The molecule has 0 bridgehead atoms. The zero-order chi connectivity index (χ0) is 16.5. The Morgan fingerprint density at radius 2 is 2.04 bits per heavy atom. The van der Waals surface area contributed by atoms with Crippen molar-refractivity contribution < 1.29 is 14.6 Å². The second-order valence-electron chi connectivity index (χ2n) is 8.52. The summed E-state index contributed by atoms with van der Waals surface area (Å²) < 4.78 is 5.21. The van der Waals surface area contributed by atoms with Crippen molar-refractivity contribution in [2.24, 2.45) is 28.6 Å². The van der Waals surface area contributed by atoms with Gasteiger partial charge in [-0.2, -0.15) is 0 Å². The molecule has 130 valence electrons. The van der Waals surface area contributed by atoms with Gasteiger partial charge in [0, 0.05) is 13.2 Å². The average molecular weight is 320 g/mol. The highest BCUT2D eigenvalue weighted by molar-refractivity contribution is 5.08. The van der Waals surface area contributed by atoms with Crippen LogP contribution in [-0.4, -0.2) is 23.4 Å². The first-order chi connectivity index (χ1) is 11.0. The van der Waals surface area contributed by atoms with E-state index in [2.05, 4.69) is 19.9 Å². The molecule has 3 nitrogen and oxygen atoms in total. The Balaban J connectivity index is 1.83. The molecular formula is C20H32O3. The normalized spacial score (nSPS) is 40.8. The Labute approximate surface area is 140 Å². The Kier molecular flexibility index (Phi) is 4.89. The molecule has 0 spiro atoms. The zero-order valence-electron chi connectivity index (χ0n) is 14.6. The number of aryl methyl sites for hydroxylation is 1. The lowest BCUT2D eigenvalue weighted by Crippen LogP contribution is -2.54. The summed E-state index contributed by atoms with van der Waals surface area (Å²) in [7, 11) is 0. The van der Waals surface area contributed by atoms with Crippen molar-refractivity contribution in [3.8, 4) is 0 Å². The monoisotopic (exact) mass is 320 g/mol. The molecule has 1 heterocycles. The van der Waals surface area contributed by atoms with Crippen LogP contribution in [-0.2, 0) is 6.42 Å². The smallest absolute Gasteiger partial charge is 0.0934 e. The van der Waals surface area contributed by atoms with Gasteiger partial charge >= 0.3 is 0 Å². The molecule has 0 aromatic carbocycles. The Bertz CT molecular complexity index is 497. The number of rotatable bonds is 5. The predicted octanol–water partition coefficient (Wildman–Crippen LogP) is 4.04. The fraction of sp³-hybridized carbons (Fsp3) is 0.800. The van der Waals surface area contributed by atoms with Crippen LogP contribution in [0.1, 0.15) is 57.9 Å². The molecule has 1 aromatic rings. The molecule has 2 saturated carbocycles. The Morgan fingerprint density at radius 3 is 2.70 bits per heavy atom. The van der Waals surface area contributed by atoms with E-state index in [0.29, 0.717) is 31.0 Å². The van der Waals surface area contributed by atoms with Gasteiger partial charge in [0.05, 0.1) is 12.5 Å². The molecule has 0 saturated heterocycles. The molecule has 1 aromatic heterocycles. The minimum Gasteiger partial charge on any atom is -0.472 e. The summed E-state index contributed by atoms with van der Waals surface area (Å²) in [5.41, 5.74) is 1.56. The van der Waals surface area contributed by atoms with E-state index in [1.54, 1.807) is 6.26 Å². The van der Waals surface area contributed by atoms with Crippen molar-refractivity contribution in [3.05, 3.63) is 24.2 Å². The van der Waals surface area contributed by atoms with E-state index in [4.69, 9.17) is 4.42 Å². The van der Waals surface area contributed by atoms with Gasteiger partial charge in [-0.25, -0.2) is 0 Å². The summed E-state index contributed by atoms with van der Waals surface area (Å²) >= 11 is 0. The maximum atomic E-state index is 10.0. The lowest BCUT2D eigenvalue weighted by molar-refractivity contribution is -0.128. The van der Waals surface area contributed by atoms with Crippen LogP contribution in [0.2, 0.25) is 0 Å². The second kappa shape index (κ2) is 6.60. The van der Waals surface area contributed by atoms with Crippen molar-refractivity contribution in [3.63, 3.8) is 0 Å². The lowest BCUT2D eigenvalue weighted by atomic mass is 9.45. The number of aliphatic hydroxyl groups excluding tert-OH is 2. The van der Waals surface area contributed by atoms with Crippen LogP contribution >= 0.6 is 0 Å². The number of hydrogen-bond acceptors (Lipinski definition) is 3. The van der Waals surface area contributed by atoms with Gasteiger partial charge in [0.2, 0.25) is 0 Å². The molecule has 2 aliphatic carbocycles. The first-order valence-electron chi connectivity index (χ1n) is 9.26. The molecular weight excluding hydrogens is 288 g/mol. The van der Waals surface area contributed by atoms with Crippen LogP contribution in [0.5, 0.6) is 0 Å². The summed E-state index contributed by atoms with van der Waals surface area (Å²) in [6, 6.07) is 2.05. The van der Waals surface area contributed by atoms with Gasteiger partial charge in [-0.05, 0) is 78.7 Å². The van der Waals surface area contributed by atoms with Crippen molar-refractivity contribution in [2.45, 2.75) is 58.8 Å². The fourth-order valence-corrected chi connectivity index (χ4v) is 5.99. The summed E-state index contributed by atoms with van der Waals surface area (Å²) in [6.45, 7) is 5.31. The number of furan rings is 1. The molecule has 0 unspecified atom stereocenters. The fourth-order valence-electron chi connectivity index (χ4n) is 5.99. The highest BCUT2D eigenvalue weighted by Gasteiger charge is 2.55. The van der Waals surface area contributed by atoms with Gasteiger partial charge in [0.25, 0.3) is 0 Å². The van der Waals surface area contributed by atoms with Crippen molar-refractivity contribution in [2.75, 3.05) is 13.2 Å². The highest BCUT2D eigenvalue weighted by Crippen LogP contribution is 2.61. The van der Waals surface area contributed by atoms with Crippen LogP contribution < -0.4 is 0 Å². The predicted molar refractivity (Wildman–Crippen MR) is 91.0 cm³/mol. The third kappa shape index (κ3) is 2.98. The third-order valence-electron chi connectivity index (χ3n) is 7.26. The molecule has 2 fully saturated rings. The van der Waals surface area contributed by atoms with E-state index in [1.807, 2.05) is 6.26 Å². The van der Waals surface area contributed by atoms with Crippen molar-refractivity contribution in [1.82, 2.24) is 0 Å². The summed E-state index contributed by atoms with van der Waals surface area (Å²) in [5, 5.41) is 20.0. The Hall–Kier alpha value is -0.800. The van der Waals surface area contributed by atoms with Crippen molar-refractivity contribution in [1.29, 1.82) is 0 Å². The molecule has 3 rings (SSSR count). The minimum atomic E-state index is 0.0569. The summed E-state index contributed by atoms with van der Waals surface area (Å²) in [5.74, 6) is 1.52. The van der Waals surface area contributed by atoms with E-state index in [1.165, 1.54) is 18.4 Å². The van der Waals surface area contributed by atoms with Crippen LogP contribution in [0.3, 0.4) is 0 Å². The van der Waals surface area contributed by atoms with E-state index in [0.717, 1.165) is 32.1 Å². The summed E-state index contributed by atoms with van der Waals surface area (Å²) in [4.78, 5) is 0. The topological polar surface area (TPSA) is 53.6 Å². The molecule has 3 heteroatoms. The van der Waals surface area contributed by atoms with Crippen molar-refractivity contribution >= 4 is 0 Å². The average Bonchev–Trinajstić information content (AvgIpc) is 3.06. The quantitative estimate of drug-likeness (QED) is 0.861. The Morgan fingerprint density at radius 1 is 1.22 bits per heavy atom. The van der Waals surface area contributed by atoms with E-state index < -0.39 is 0 Å². The zero-order valence-corrected chi connectivity index (χ0v) is 14.6. The number of hydrogen-bond donors (Lipinski definition) is 2. The van der Waals surface area contributed by atoms with Crippen LogP contribution in [0.15, 0.2) is 23.0 Å². The van der Waals surface area contributed by atoms with E-state index in [-0.39, 0.29) is 10.8 Å². The lowest BCUT2D eigenvalue weighted by Gasteiger charge is -2.60. The SMILES string of the molecule is C[C@@]1(CO)CCC[C@@]2(C)[C@@H]1CC[C@@H](CO)[C@@H]2CCc1ccoc1. The van der Waals surface area contributed by atoms with Gasteiger partial charge < -0.3 is 14.6 Å². The van der Waals surface area contributed by atoms with Gasteiger partial charge in [0.15, 0.2) is 0 Å². The molecule has 0 amide bonds. The molecule has 0 aliphatic heterocycles. The first-order valence-corrected chi connectivity index (χ1v) is 9.26. The number of fused-ring (bicyclic) bond motifs is 1. The second-order valence-corrected chi connectivity index (χ2v) is 8.52. The van der Waals surface area contributed by atoms with E-state index >= 15 is 0 Å². The molecule has 23 heavy (non-hydrogen) atoms. The van der Waals surface area contributed by atoms with Crippen LogP contribution in [0, 0.1) is 28.6 Å². The molecule has 5 atom stereocenters. The minimum absolute atomic E-state index is 0.0569. The van der Waals surface area contributed by atoms with Gasteiger partial charge in [-0.15, -0.1) is 0 Å². The van der Waals surface area contributed by atoms with Crippen LogP contribution in [0.4, 0.5) is 0 Å². The summed E-state index contributed by atoms with van der Waals surface area (Å²) in [6.07, 6.45) is 11.5. The number of aliphatic hydroxyl groups is 2. The van der Waals surface area contributed by atoms with E-state index in [9.17, 15) is 10.2 Å².